The van der Waals surface area contributed by atoms with Crippen molar-refractivity contribution in [1.82, 2.24) is 0 Å². The van der Waals surface area contributed by atoms with E-state index in [0.717, 1.165) is 11.8 Å². The van der Waals surface area contributed by atoms with Gasteiger partial charge in [-0.1, -0.05) is 6.08 Å². The Labute approximate surface area is 90.7 Å². The summed E-state index contributed by atoms with van der Waals surface area (Å²) in [4.78, 5) is 11.3. The van der Waals surface area contributed by atoms with Crippen LogP contribution in [0.25, 0.3) is 0 Å². The van der Waals surface area contributed by atoms with E-state index in [1.807, 2.05) is 0 Å². The van der Waals surface area contributed by atoms with E-state index in [-0.39, 0.29) is 11.7 Å². The second-order valence-electron chi connectivity index (χ2n) is 4.68. The van der Waals surface area contributed by atoms with E-state index in [1.165, 1.54) is 25.7 Å². The van der Waals surface area contributed by atoms with Crippen LogP contribution >= 0.6 is 0 Å². The number of carbonyl (C=O) groups is 1. The Morgan fingerprint density at radius 1 is 1.40 bits per heavy atom. The molecular weight excluding hydrogens is 190 g/mol. The molecule has 84 valence electrons. The molecule has 2 saturated carbocycles. The molecule has 2 N–H and O–H groups in total. The van der Waals surface area contributed by atoms with Crippen molar-refractivity contribution in [3.8, 4) is 0 Å². The fraction of sp³-hybridized carbons (Fsp3) is 0.750. The summed E-state index contributed by atoms with van der Waals surface area (Å²) in [5, 5.41) is 0. The van der Waals surface area contributed by atoms with Gasteiger partial charge in [0.2, 0.25) is 0 Å². The van der Waals surface area contributed by atoms with E-state index >= 15 is 0 Å². The molecule has 0 unspecified atom stereocenters. The van der Waals surface area contributed by atoms with Gasteiger partial charge in [0.25, 0.3) is 0 Å². The second kappa shape index (κ2) is 4.25. The van der Waals surface area contributed by atoms with Crippen LogP contribution < -0.4 is 5.73 Å². The van der Waals surface area contributed by atoms with Crippen molar-refractivity contribution in [3.05, 3.63) is 11.8 Å². The molecule has 0 aliphatic heterocycles. The third-order valence-electron chi connectivity index (χ3n) is 3.41. The van der Waals surface area contributed by atoms with Crippen LogP contribution in [0, 0.1) is 17.8 Å². The SMILES string of the molecule is CC=C(N)C(=O)OCC(C1CC1)C1CC1. The Bertz CT molecular complexity index is 265. The van der Waals surface area contributed by atoms with Crippen LogP contribution in [0.15, 0.2) is 11.8 Å². The number of allylic oxidation sites excluding steroid dienone is 1. The largest absolute Gasteiger partial charge is 0.461 e. The average Bonchev–Trinajstić information content (AvgIpc) is 3.07. The Hall–Kier alpha value is -0.990. The molecule has 0 amide bonds. The normalized spacial score (nSPS) is 21.9. The van der Waals surface area contributed by atoms with Crippen LogP contribution in [-0.2, 0) is 9.53 Å². The Kier molecular flexibility index (Phi) is 2.98. The van der Waals surface area contributed by atoms with Crippen molar-refractivity contribution >= 4 is 5.97 Å². The summed E-state index contributed by atoms with van der Waals surface area (Å²) in [6, 6.07) is 0. The van der Waals surface area contributed by atoms with E-state index in [0.29, 0.717) is 12.5 Å². The summed E-state index contributed by atoms with van der Waals surface area (Å²) in [7, 11) is 0. The van der Waals surface area contributed by atoms with Gasteiger partial charge in [-0.05, 0) is 50.4 Å². The molecule has 0 radical (unpaired) electrons. The molecular formula is C12H19NO2. The summed E-state index contributed by atoms with van der Waals surface area (Å²) in [5.41, 5.74) is 5.70. The smallest absolute Gasteiger partial charge is 0.353 e. The van der Waals surface area contributed by atoms with Crippen molar-refractivity contribution in [2.24, 2.45) is 23.5 Å². The molecule has 2 aliphatic carbocycles. The summed E-state index contributed by atoms with van der Waals surface area (Å²) in [6.45, 7) is 2.32. The van der Waals surface area contributed by atoms with E-state index in [4.69, 9.17) is 10.5 Å². The minimum Gasteiger partial charge on any atom is -0.461 e. The van der Waals surface area contributed by atoms with Gasteiger partial charge < -0.3 is 10.5 Å². The Morgan fingerprint density at radius 2 is 1.93 bits per heavy atom. The van der Waals surface area contributed by atoms with Crippen molar-refractivity contribution in [3.63, 3.8) is 0 Å². The monoisotopic (exact) mass is 209 g/mol. The zero-order chi connectivity index (χ0) is 10.8. The van der Waals surface area contributed by atoms with E-state index in [9.17, 15) is 4.79 Å². The van der Waals surface area contributed by atoms with Gasteiger partial charge in [-0.3, -0.25) is 0 Å². The first-order valence-corrected chi connectivity index (χ1v) is 5.81. The van der Waals surface area contributed by atoms with Gasteiger partial charge in [-0.25, -0.2) is 4.79 Å². The van der Waals surface area contributed by atoms with Crippen LogP contribution in [0.3, 0.4) is 0 Å². The first kappa shape index (κ1) is 10.5. The summed E-state index contributed by atoms with van der Waals surface area (Å²) in [6.07, 6.45) is 6.86. The number of nitrogens with two attached hydrogens (primary N) is 1. The minimum atomic E-state index is -0.358. The highest BCUT2D eigenvalue weighted by molar-refractivity contribution is 5.87. The first-order valence-electron chi connectivity index (χ1n) is 5.81. The van der Waals surface area contributed by atoms with Crippen molar-refractivity contribution in [2.75, 3.05) is 6.61 Å². The van der Waals surface area contributed by atoms with E-state index < -0.39 is 0 Å². The minimum absolute atomic E-state index is 0.223. The summed E-state index contributed by atoms with van der Waals surface area (Å²) in [5.74, 6) is 1.89. The lowest BCUT2D eigenvalue weighted by Gasteiger charge is -2.15. The Balaban J connectivity index is 1.77. The van der Waals surface area contributed by atoms with Gasteiger partial charge in [0.1, 0.15) is 5.70 Å². The fourth-order valence-electron chi connectivity index (χ4n) is 2.08. The molecule has 3 heteroatoms. The number of hydrogen-bond acceptors (Lipinski definition) is 3. The molecule has 15 heavy (non-hydrogen) atoms. The lowest BCUT2D eigenvalue weighted by atomic mass is 9.99. The van der Waals surface area contributed by atoms with Crippen LogP contribution in [-0.4, -0.2) is 12.6 Å². The number of esters is 1. The molecule has 0 aromatic rings. The lowest BCUT2D eigenvalue weighted by Crippen LogP contribution is -2.21. The highest BCUT2D eigenvalue weighted by atomic mass is 16.5. The van der Waals surface area contributed by atoms with Crippen LogP contribution in [0.5, 0.6) is 0 Å². The standard InChI is InChI=1S/C12H19NO2/c1-2-11(13)12(14)15-7-10(8-3-4-8)9-5-6-9/h2,8-10H,3-7,13H2,1H3. The molecule has 2 fully saturated rings. The van der Waals surface area contributed by atoms with Crippen molar-refractivity contribution in [2.45, 2.75) is 32.6 Å². The molecule has 0 spiro atoms. The highest BCUT2D eigenvalue weighted by Crippen LogP contribution is 2.49. The van der Waals surface area contributed by atoms with Crippen LogP contribution in [0.4, 0.5) is 0 Å². The van der Waals surface area contributed by atoms with Gasteiger partial charge in [0.15, 0.2) is 0 Å². The third kappa shape index (κ3) is 2.74. The van der Waals surface area contributed by atoms with Gasteiger partial charge in [-0.15, -0.1) is 0 Å². The number of hydrogen-bond donors (Lipinski definition) is 1. The molecule has 3 nitrogen and oxygen atoms in total. The molecule has 2 rings (SSSR count). The molecule has 0 aromatic carbocycles. The topological polar surface area (TPSA) is 52.3 Å². The van der Waals surface area contributed by atoms with Gasteiger partial charge in [0, 0.05) is 0 Å². The molecule has 0 aromatic heterocycles. The summed E-state index contributed by atoms with van der Waals surface area (Å²) >= 11 is 0. The first-order chi connectivity index (χ1) is 7.22. The predicted octanol–water partition coefficient (Wildman–Crippen LogP) is 1.83. The number of rotatable bonds is 5. The van der Waals surface area contributed by atoms with Crippen molar-refractivity contribution < 1.29 is 9.53 Å². The molecule has 0 bridgehead atoms. The van der Waals surface area contributed by atoms with Crippen LogP contribution in [0.1, 0.15) is 32.6 Å². The zero-order valence-corrected chi connectivity index (χ0v) is 9.24. The fourth-order valence-corrected chi connectivity index (χ4v) is 2.08. The average molecular weight is 209 g/mol. The maximum atomic E-state index is 11.3. The summed E-state index contributed by atoms with van der Waals surface area (Å²) < 4.78 is 5.23. The lowest BCUT2D eigenvalue weighted by molar-refractivity contribution is -0.140. The van der Waals surface area contributed by atoms with Crippen LogP contribution in [0.2, 0.25) is 0 Å². The highest BCUT2D eigenvalue weighted by Gasteiger charge is 2.41. The predicted molar refractivity (Wildman–Crippen MR) is 57.8 cm³/mol. The number of ether oxygens (including phenoxy) is 1. The van der Waals surface area contributed by atoms with E-state index in [1.54, 1.807) is 13.0 Å². The third-order valence-corrected chi connectivity index (χ3v) is 3.41. The molecule has 0 heterocycles. The molecule has 2 aliphatic rings. The second-order valence-corrected chi connectivity index (χ2v) is 4.68. The number of carbonyl (C=O) groups excluding carboxylic acids is 1. The maximum Gasteiger partial charge on any atom is 0.353 e. The zero-order valence-electron chi connectivity index (χ0n) is 9.24. The van der Waals surface area contributed by atoms with Gasteiger partial charge in [0.05, 0.1) is 6.61 Å². The molecule has 0 saturated heterocycles. The maximum absolute atomic E-state index is 11.3. The van der Waals surface area contributed by atoms with Gasteiger partial charge in [-0.2, -0.15) is 0 Å². The molecule has 0 atom stereocenters. The Morgan fingerprint density at radius 3 is 2.33 bits per heavy atom. The van der Waals surface area contributed by atoms with E-state index in [2.05, 4.69) is 0 Å². The van der Waals surface area contributed by atoms with Crippen molar-refractivity contribution in [1.29, 1.82) is 0 Å². The quantitative estimate of drug-likeness (QED) is 0.555. The van der Waals surface area contributed by atoms with Gasteiger partial charge >= 0.3 is 5.97 Å².